The van der Waals surface area contributed by atoms with Gasteiger partial charge < -0.3 is 10.6 Å². The minimum absolute atomic E-state index is 0.163. The van der Waals surface area contributed by atoms with E-state index >= 15 is 0 Å². The molecule has 1 aromatic rings. The molecule has 0 aliphatic carbocycles. The van der Waals surface area contributed by atoms with Crippen LogP contribution in [0.25, 0.3) is 0 Å². The number of hydrogen-bond donors (Lipinski definition) is 1. The van der Waals surface area contributed by atoms with Gasteiger partial charge in [-0.25, -0.2) is 9.97 Å². The summed E-state index contributed by atoms with van der Waals surface area (Å²) in [7, 11) is 0. The Bertz CT molecular complexity index is 416. The summed E-state index contributed by atoms with van der Waals surface area (Å²) in [6, 6.07) is 0.873. The van der Waals surface area contributed by atoms with E-state index in [1.165, 1.54) is 19.4 Å². The fourth-order valence-electron chi connectivity index (χ4n) is 3.16. The molecular formula is C14H23N5. The number of rotatable bonds is 3. The van der Waals surface area contributed by atoms with Crippen LogP contribution in [-0.4, -0.2) is 53.1 Å². The first-order chi connectivity index (χ1) is 9.22. The van der Waals surface area contributed by atoms with Gasteiger partial charge in [0.15, 0.2) is 0 Å². The molecule has 3 rings (SSSR count). The van der Waals surface area contributed by atoms with Crippen LogP contribution in [0.3, 0.4) is 0 Å². The molecule has 3 heterocycles. The fourth-order valence-corrected chi connectivity index (χ4v) is 3.16. The SMILES string of the molecule is CC(N)Cc1cnc(N2CCN3CCCC3C2)nc1. The molecule has 2 fully saturated rings. The molecule has 1 aromatic heterocycles. The van der Waals surface area contributed by atoms with Crippen LogP contribution in [0.15, 0.2) is 12.4 Å². The van der Waals surface area contributed by atoms with E-state index in [0.717, 1.165) is 37.6 Å². The van der Waals surface area contributed by atoms with Crippen LogP contribution in [0.4, 0.5) is 5.95 Å². The average Bonchev–Trinajstić information content (AvgIpc) is 2.86. The zero-order valence-electron chi connectivity index (χ0n) is 11.6. The zero-order valence-corrected chi connectivity index (χ0v) is 11.6. The molecule has 0 radical (unpaired) electrons. The third-order valence-corrected chi connectivity index (χ3v) is 4.12. The molecular weight excluding hydrogens is 238 g/mol. The highest BCUT2D eigenvalue weighted by atomic mass is 15.3. The van der Waals surface area contributed by atoms with Gasteiger partial charge in [-0.2, -0.15) is 0 Å². The van der Waals surface area contributed by atoms with Crippen molar-refractivity contribution in [3.8, 4) is 0 Å². The molecule has 5 nitrogen and oxygen atoms in total. The van der Waals surface area contributed by atoms with E-state index in [0.29, 0.717) is 6.04 Å². The maximum Gasteiger partial charge on any atom is 0.225 e. The smallest absolute Gasteiger partial charge is 0.225 e. The normalized spacial score (nSPS) is 25.4. The Morgan fingerprint density at radius 1 is 1.32 bits per heavy atom. The van der Waals surface area contributed by atoms with E-state index in [4.69, 9.17) is 5.73 Å². The molecule has 0 saturated carbocycles. The van der Waals surface area contributed by atoms with Crippen molar-refractivity contribution in [1.29, 1.82) is 0 Å². The van der Waals surface area contributed by atoms with E-state index in [9.17, 15) is 0 Å². The summed E-state index contributed by atoms with van der Waals surface area (Å²) in [5, 5.41) is 0. The molecule has 0 spiro atoms. The molecule has 0 amide bonds. The second-order valence-electron chi connectivity index (χ2n) is 5.85. The Morgan fingerprint density at radius 3 is 2.84 bits per heavy atom. The van der Waals surface area contributed by atoms with Gasteiger partial charge in [0.25, 0.3) is 0 Å². The van der Waals surface area contributed by atoms with Gasteiger partial charge in [0.05, 0.1) is 0 Å². The largest absolute Gasteiger partial charge is 0.338 e. The molecule has 5 heteroatoms. The second kappa shape index (κ2) is 5.43. The molecule has 2 N–H and O–H groups in total. The standard InChI is InChI=1S/C14H23N5/c1-11(15)7-12-8-16-14(17-9-12)19-6-5-18-4-2-3-13(18)10-19/h8-9,11,13H,2-7,10,15H2,1H3. The lowest BCUT2D eigenvalue weighted by atomic mass is 10.1. The number of fused-ring (bicyclic) bond motifs is 1. The first kappa shape index (κ1) is 12.8. The highest BCUT2D eigenvalue weighted by Gasteiger charge is 2.31. The molecule has 2 unspecified atom stereocenters. The highest BCUT2D eigenvalue weighted by molar-refractivity contribution is 5.31. The molecule has 2 aliphatic heterocycles. The summed E-state index contributed by atoms with van der Waals surface area (Å²) in [5.41, 5.74) is 6.92. The lowest BCUT2D eigenvalue weighted by Gasteiger charge is -2.37. The van der Waals surface area contributed by atoms with Gasteiger partial charge in [-0.05, 0) is 38.3 Å². The molecule has 104 valence electrons. The third kappa shape index (κ3) is 2.87. The van der Waals surface area contributed by atoms with Gasteiger partial charge in [-0.3, -0.25) is 4.90 Å². The molecule has 2 saturated heterocycles. The zero-order chi connectivity index (χ0) is 13.2. The first-order valence-electron chi connectivity index (χ1n) is 7.28. The summed E-state index contributed by atoms with van der Waals surface area (Å²) < 4.78 is 0. The maximum atomic E-state index is 5.79. The number of hydrogen-bond acceptors (Lipinski definition) is 5. The van der Waals surface area contributed by atoms with Crippen LogP contribution in [0.1, 0.15) is 25.3 Å². The van der Waals surface area contributed by atoms with Gasteiger partial charge in [-0.15, -0.1) is 0 Å². The topological polar surface area (TPSA) is 58.3 Å². The fraction of sp³-hybridized carbons (Fsp3) is 0.714. The van der Waals surface area contributed by atoms with Crippen molar-refractivity contribution in [3.05, 3.63) is 18.0 Å². The van der Waals surface area contributed by atoms with Crippen molar-refractivity contribution in [2.24, 2.45) is 5.73 Å². The van der Waals surface area contributed by atoms with Crippen LogP contribution < -0.4 is 10.6 Å². The molecule has 2 aliphatic rings. The lowest BCUT2D eigenvalue weighted by Crippen LogP contribution is -2.50. The van der Waals surface area contributed by atoms with Crippen molar-refractivity contribution in [2.45, 2.75) is 38.3 Å². The van der Waals surface area contributed by atoms with E-state index in [-0.39, 0.29) is 6.04 Å². The number of piperazine rings is 1. The molecule has 2 atom stereocenters. The average molecular weight is 261 g/mol. The van der Waals surface area contributed by atoms with E-state index in [1.807, 2.05) is 19.3 Å². The van der Waals surface area contributed by atoms with Crippen LogP contribution in [-0.2, 0) is 6.42 Å². The quantitative estimate of drug-likeness (QED) is 0.866. The van der Waals surface area contributed by atoms with Gasteiger partial charge in [0, 0.05) is 44.1 Å². The first-order valence-corrected chi connectivity index (χ1v) is 7.28. The summed E-state index contributed by atoms with van der Waals surface area (Å²) in [4.78, 5) is 13.9. The monoisotopic (exact) mass is 261 g/mol. The Kier molecular flexibility index (Phi) is 3.66. The minimum atomic E-state index is 0.163. The lowest BCUT2D eigenvalue weighted by molar-refractivity contribution is 0.229. The van der Waals surface area contributed by atoms with Crippen LogP contribution in [0.5, 0.6) is 0 Å². The van der Waals surface area contributed by atoms with Gasteiger partial charge in [0.1, 0.15) is 0 Å². The molecule has 0 bridgehead atoms. The third-order valence-electron chi connectivity index (χ3n) is 4.12. The Labute approximate surface area is 114 Å². The number of anilines is 1. The van der Waals surface area contributed by atoms with Crippen molar-refractivity contribution < 1.29 is 0 Å². The van der Waals surface area contributed by atoms with Gasteiger partial charge in [0.2, 0.25) is 5.95 Å². The Balaban J connectivity index is 1.65. The second-order valence-corrected chi connectivity index (χ2v) is 5.85. The number of nitrogens with zero attached hydrogens (tertiary/aromatic N) is 4. The van der Waals surface area contributed by atoms with Crippen molar-refractivity contribution >= 4 is 5.95 Å². The molecule has 0 aromatic carbocycles. The Hall–Kier alpha value is -1.20. The summed E-state index contributed by atoms with van der Waals surface area (Å²) in [6.07, 6.45) is 7.35. The number of nitrogens with two attached hydrogens (primary N) is 1. The van der Waals surface area contributed by atoms with Gasteiger partial charge in [-0.1, -0.05) is 0 Å². The van der Waals surface area contributed by atoms with Crippen LogP contribution >= 0.6 is 0 Å². The predicted molar refractivity (Wildman–Crippen MR) is 76.2 cm³/mol. The molecule has 19 heavy (non-hydrogen) atoms. The van der Waals surface area contributed by atoms with Crippen LogP contribution in [0.2, 0.25) is 0 Å². The Morgan fingerprint density at radius 2 is 2.11 bits per heavy atom. The van der Waals surface area contributed by atoms with E-state index in [2.05, 4.69) is 19.8 Å². The van der Waals surface area contributed by atoms with Crippen molar-refractivity contribution in [3.63, 3.8) is 0 Å². The summed E-state index contributed by atoms with van der Waals surface area (Å²) in [6.45, 7) is 6.55. The summed E-state index contributed by atoms with van der Waals surface area (Å²) >= 11 is 0. The van der Waals surface area contributed by atoms with Crippen molar-refractivity contribution in [2.75, 3.05) is 31.1 Å². The predicted octanol–water partition coefficient (Wildman–Crippen LogP) is 0.651. The van der Waals surface area contributed by atoms with E-state index < -0.39 is 0 Å². The maximum absolute atomic E-state index is 5.79. The van der Waals surface area contributed by atoms with Crippen LogP contribution in [0, 0.1) is 0 Å². The number of aromatic nitrogens is 2. The van der Waals surface area contributed by atoms with Crippen molar-refractivity contribution in [1.82, 2.24) is 14.9 Å². The van der Waals surface area contributed by atoms with E-state index in [1.54, 1.807) is 0 Å². The minimum Gasteiger partial charge on any atom is -0.338 e. The van der Waals surface area contributed by atoms with Gasteiger partial charge >= 0.3 is 0 Å². The summed E-state index contributed by atoms with van der Waals surface area (Å²) in [5.74, 6) is 0.875. The highest BCUT2D eigenvalue weighted by Crippen LogP contribution is 2.23.